The molecule has 4 unspecified atom stereocenters. The van der Waals surface area contributed by atoms with Gasteiger partial charge in [-0.3, -0.25) is 4.98 Å². The maximum absolute atomic E-state index is 4.64. The summed E-state index contributed by atoms with van der Waals surface area (Å²) in [5.41, 5.74) is 2.52. The zero-order valence-corrected chi connectivity index (χ0v) is 13.3. The number of hydrogen-bond acceptors (Lipinski definition) is 2. The van der Waals surface area contributed by atoms with E-state index in [0.717, 1.165) is 17.4 Å². The van der Waals surface area contributed by atoms with Gasteiger partial charge in [-0.2, -0.15) is 0 Å². The van der Waals surface area contributed by atoms with E-state index in [1.54, 1.807) is 0 Å². The molecule has 1 heterocycles. The number of nitrogens with one attached hydrogen (secondary N) is 1. The first kappa shape index (κ1) is 14.5. The minimum Gasteiger partial charge on any atom is -0.313 e. The first-order valence-corrected chi connectivity index (χ1v) is 8.21. The SMILES string of the molecule is CNC(c1cccc2cccnc12)C1CCC(C)C(C)C1. The summed E-state index contributed by atoms with van der Waals surface area (Å²) in [6.45, 7) is 4.81. The second kappa shape index (κ2) is 6.15. The summed E-state index contributed by atoms with van der Waals surface area (Å²) in [7, 11) is 2.09. The van der Waals surface area contributed by atoms with Crippen molar-refractivity contribution in [1.29, 1.82) is 0 Å². The molecule has 1 aliphatic rings. The molecule has 0 bridgehead atoms. The molecule has 1 aromatic heterocycles. The molecule has 1 fully saturated rings. The van der Waals surface area contributed by atoms with Crippen LogP contribution in [-0.2, 0) is 0 Å². The van der Waals surface area contributed by atoms with Gasteiger partial charge in [-0.1, -0.05) is 44.5 Å². The van der Waals surface area contributed by atoms with Crippen LogP contribution in [0.5, 0.6) is 0 Å². The number of para-hydroxylation sites is 1. The van der Waals surface area contributed by atoms with Crippen LogP contribution in [0.25, 0.3) is 10.9 Å². The van der Waals surface area contributed by atoms with E-state index in [2.05, 4.69) is 55.5 Å². The summed E-state index contributed by atoms with van der Waals surface area (Å²) in [5.74, 6) is 2.40. The maximum Gasteiger partial charge on any atom is 0.0749 e. The Morgan fingerprint density at radius 3 is 2.67 bits per heavy atom. The number of fused-ring (bicyclic) bond motifs is 1. The number of aromatic nitrogens is 1. The average molecular weight is 282 g/mol. The van der Waals surface area contributed by atoms with Crippen molar-refractivity contribution in [3.05, 3.63) is 42.1 Å². The summed E-state index contributed by atoms with van der Waals surface area (Å²) >= 11 is 0. The van der Waals surface area contributed by atoms with E-state index in [0.29, 0.717) is 12.0 Å². The average Bonchev–Trinajstić information content (AvgIpc) is 2.52. The van der Waals surface area contributed by atoms with Gasteiger partial charge >= 0.3 is 0 Å². The Morgan fingerprint density at radius 2 is 1.90 bits per heavy atom. The molecular formula is C19H26N2. The molecule has 112 valence electrons. The predicted molar refractivity (Wildman–Crippen MR) is 89.2 cm³/mol. The Kier molecular flexibility index (Phi) is 4.25. The third-order valence-electron chi connectivity index (χ3n) is 5.42. The molecule has 0 spiro atoms. The van der Waals surface area contributed by atoms with Crippen LogP contribution in [0.15, 0.2) is 36.5 Å². The van der Waals surface area contributed by atoms with E-state index in [1.165, 1.54) is 30.2 Å². The van der Waals surface area contributed by atoms with Crippen LogP contribution in [0, 0.1) is 17.8 Å². The van der Waals surface area contributed by atoms with Crippen molar-refractivity contribution in [2.24, 2.45) is 17.8 Å². The van der Waals surface area contributed by atoms with Crippen molar-refractivity contribution < 1.29 is 0 Å². The van der Waals surface area contributed by atoms with E-state index in [9.17, 15) is 0 Å². The zero-order valence-electron chi connectivity index (χ0n) is 13.3. The van der Waals surface area contributed by atoms with Crippen LogP contribution >= 0.6 is 0 Å². The van der Waals surface area contributed by atoms with Crippen LogP contribution in [0.1, 0.15) is 44.7 Å². The van der Waals surface area contributed by atoms with Crippen LogP contribution in [-0.4, -0.2) is 12.0 Å². The standard InChI is InChI=1S/C19H26N2/c1-13-9-10-16(12-14(13)2)18(20-3)17-8-4-6-15-7-5-11-21-19(15)17/h4-8,11,13-14,16,18,20H,9-10,12H2,1-3H3. The van der Waals surface area contributed by atoms with Gasteiger partial charge in [0.1, 0.15) is 0 Å². The van der Waals surface area contributed by atoms with Crippen LogP contribution in [0.2, 0.25) is 0 Å². The van der Waals surface area contributed by atoms with Gasteiger partial charge in [-0.05, 0) is 49.3 Å². The van der Waals surface area contributed by atoms with Gasteiger partial charge in [0.2, 0.25) is 0 Å². The van der Waals surface area contributed by atoms with E-state index in [4.69, 9.17) is 0 Å². The van der Waals surface area contributed by atoms with Gasteiger partial charge < -0.3 is 5.32 Å². The predicted octanol–water partition coefficient (Wildman–Crippen LogP) is 4.57. The van der Waals surface area contributed by atoms with Gasteiger partial charge in [-0.15, -0.1) is 0 Å². The summed E-state index contributed by atoms with van der Waals surface area (Å²) in [6, 6.07) is 11.2. The largest absolute Gasteiger partial charge is 0.313 e. The summed E-state index contributed by atoms with van der Waals surface area (Å²) in [6.07, 6.45) is 5.89. The second-order valence-electron chi connectivity index (χ2n) is 6.72. The highest BCUT2D eigenvalue weighted by Crippen LogP contribution is 2.40. The van der Waals surface area contributed by atoms with E-state index in [1.807, 2.05) is 12.3 Å². The Bertz CT molecular complexity index is 602. The molecule has 0 aliphatic heterocycles. The lowest BCUT2D eigenvalue weighted by atomic mass is 9.72. The lowest BCUT2D eigenvalue weighted by Crippen LogP contribution is -2.31. The molecule has 0 radical (unpaired) electrons. The third kappa shape index (κ3) is 2.82. The topological polar surface area (TPSA) is 24.9 Å². The zero-order chi connectivity index (χ0) is 14.8. The number of benzene rings is 1. The minimum absolute atomic E-state index is 0.415. The Morgan fingerprint density at radius 1 is 1.10 bits per heavy atom. The fourth-order valence-corrected chi connectivity index (χ4v) is 3.92. The molecule has 0 amide bonds. The Labute approximate surface area is 128 Å². The monoisotopic (exact) mass is 282 g/mol. The van der Waals surface area contributed by atoms with E-state index >= 15 is 0 Å². The molecule has 21 heavy (non-hydrogen) atoms. The van der Waals surface area contributed by atoms with Crippen molar-refractivity contribution in [2.75, 3.05) is 7.05 Å². The fourth-order valence-electron chi connectivity index (χ4n) is 3.92. The number of nitrogens with zero attached hydrogens (tertiary/aromatic N) is 1. The van der Waals surface area contributed by atoms with Crippen molar-refractivity contribution in [2.45, 2.75) is 39.2 Å². The van der Waals surface area contributed by atoms with Crippen molar-refractivity contribution in [3.63, 3.8) is 0 Å². The van der Waals surface area contributed by atoms with Gasteiger partial charge in [0, 0.05) is 17.6 Å². The van der Waals surface area contributed by atoms with Gasteiger partial charge in [0.15, 0.2) is 0 Å². The molecule has 4 atom stereocenters. The van der Waals surface area contributed by atoms with Gasteiger partial charge in [-0.25, -0.2) is 0 Å². The first-order valence-electron chi connectivity index (χ1n) is 8.21. The molecular weight excluding hydrogens is 256 g/mol. The summed E-state index contributed by atoms with van der Waals surface area (Å²) < 4.78 is 0. The molecule has 0 saturated heterocycles. The second-order valence-corrected chi connectivity index (χ2v) is 6.72. The van der Waals surface area contributed by atoms with E-state index in [-0.39, 0.29) is 0 Å². The van der Waals surface area contributed by atoms with Crippen molar-refractivity contribution in [1.82, 2.24) is 10.3 Å². The van der Waals surface area contributed by atoms with Crippen molar-refractivity contribution >= 4 is 10.9 Å². The summed E-state index contributed by atoms with van der Waals surface area (Å²) in [4.78, 5) is 4.64. The smallest absolute Gasteiger partial charge is 0.0749 e. The summed E-state index contributed by atoms with van der Waals surface area (Å²) in [5, 5.41) is 4.82. The Balaban J connectivity index is 1.95. The Hall–Kier alpha value is -1.41. The highest BCUT2D eigenvalue weighted by molar-refractivity contribution is 5.82. The highest BCUT2D eigenvalue weighted by Gasteiger charge is 2.31. The molecule has 1 saturated carbocycles. The lowest BCUT2D eigenvalue weighted by Gasteiger charge is -2.37. The lowest BCUT2D eigenvalue weighted by molar-refractivity contribution is 0.175. The molecule has 2 aromatic rings. The highest BCUT2D eigenvalue weighted by atomic mass is 14.9. The third-order valence-corrected chi connectivity index (χ3v) is 5.42. The number of rotatable bonds is 3. The van der Waals surface area contributed by atoms with Crippen LogP contribution in [0.3, 0.4) is 0 Å². The molecule has 1 N–H and O–H groups in total. The van der Waals surface area contributed by atoms with Crippen LogP contribution < -0.4 is 5.32 Å². The van der Waals surface area contributed by atoms with Crippen molar-refractivity contribution in [3.8, 4) is 0 Å². The quantitative estimate of drug-likeness (QED) is 0.892. The number of hydrogen-bond donors (Lipinski definition) is 1. The molecule has 1 aliphatic carbocycles. The van der Waals surface area contributed by atoms with Gasteiger partial charge in [0.25, 0.3) is 0 Å². The van der Waals surface area contributed by atoms with Crippen LogP contribution in [0.4, 0.5) is 0 Å². The molecule has 2 heteroatoms. The van der Waals surface area contributed by atoms with Gasteiger partial charge in [0.05, 0.1) is 5.52 Å². The van der Waals surface area contributed by atoms with E-state index < -0.39 is 0 Å². The first-order chi connectivity index (χ1) is 10.2. The maximum atomic E-state index is 4.64. The number of pyridine rings is 1. The fraction of sp³-hybridized carbons (Fsp3) is 0.526. The normalized spacial score (nSPS) is 27.7. The molecule has 2 nitrogen and oxygen atoms in total. The minimum atomic E-state index is 0.415. The molecule has 3 rings (SSSR count). The molecule has 1 aromatic carbocycles.